The number of nitrogens with zero attached hydrogens (tertiary/aromatic N) is 1. The number of methoxy groups -OCH3 is 1. The SMILES string of the molecule is COc1cccc(N2CCCN2)c1C. The van der Waals surface area contributed by atoms with E-state index in [9.17, 15) is 0 Å². The van der Waals surface area contributed by atoms with Crippen LogP contribution in [0, 0.1) is 6.92 Å². The van der Waals surface area contributed by atoms with Gasteiger partial charge in [-0.1, -0.05) is 6.07 Å². The van der Waals surface area contributed by atoms with Gasteiger partial charge in [-0.15, -0.1) is 0 Å². The number of nitrogens with one attached hydrogen (secondary N) is 1. The predicted molar refractivity (Wildman–Crippen MR) is 57.7 cm³/mol. The maximum absolute atomic E-state index is 5.29. The third kappa shape index (κ3) is 1.55. The van der Waals surface area contributed by atoms with Crippen LogP contribution in [-0.4, -0.2) is 20.2 Å². The van der Waals surface area contributed by atoms with E-state index in [0.29, 0.717) is 0 Å². The largest absolute Gasteiger partial charge is 0.496 e. The molecule has 2 rings (SSSR count). The molecule has 0 bridgehead atoms. The Morgan fingerprint density at radius 1 is 1.43 bits per heavy atom. The molecule has 0 atom stereocenters. The molecular weight excluding hydrogens is 176 g/mol. The monoisotopic (exact) mass is 192 g/mol. The Bertz CT molecular complexity index is 319. The Hall–Kier alpha value is -1.22. The van der Waals surface area contributed by atoms with E-state index in [0.717, 1.165) is 18.8 Å². The van der Waals surface area contributed by atoms with Crippen LogP contribution in [-0.2, 0) is 0 Å². The molecule has 0 saturated carbocycles. The van der Waals surface area contributed by atoms with Crippen molar-refractivity contribution in [1.29, 1.82) is 0 Å². The van der Waals surface area contributed by atoms with Crippen LogP contribution in [0.15, 0.2) is 18.2 Å². The lowest BCUT2D eigenvalue weighted by Gasteiger charge is -2.21. The third-order valence-electron chi connectivity index (χ3n) is 2.63. The number of benzene rings is 1. The molecule has 1 aliphatic heterocycles. The van der Waals surface area contributed by atoms with Crippen molar-refractivity contribution in [3.8, 4) is 5.75 Å². The van der Waals surface area contributed by atoms with Gasteiger partial charge in [-0.05, 0) is 25.5 Å². The van der Waals surface area contributed by atoms with Crippen molar-refractivity contribution in [2.24, 2.45) is 0 Å². The maximum Gasteiger partial charge on any atom is 0.123 e. The Morgan fingerprint density at radius 3 is 2.93 bits per heavy atom. The first-order valence-electron chi connectivity index (χ1n) is 4.97. The van der Waals surface area contributed by atoms with Gasteiger partial charge in [-0.3, -0.25) is 0 Å². The molecule has 3 heteroatoms. The molecule has 1 heterocycles. The lowest BCUT2D eigenvalue weighted by molar-refractivity contribution is 0.411. The van der Waals surface area contributed by atoms with Gasteiger partial charge in [0.15, 0.2) is 0 Å². The summed E-state index contributed by atoms with van der Waals surface area (Å²) in [4.78, 5) is 0. The van der Waals surface area contributed by atoms with Crippen LogP contribution in [0.2, 0.25) is 0 Å². The second-order valence-electron chi connectivity index (χ2n) is 3.52. The highest BCUT2D eigenvalue weighted by Gasteiger charge is 2.15. The van der Waals surface area contributed by atoms with Gasteiger partial charge in [0.2, 0.25) is 0 Å². The normalized spacial score (nSPS) is 16.0. The molecule has 76 valence electrons. The first kappa shape index (κ1) is 9.34. The van der Waals surface area contributed by atoms with E-state index >= 15 is 0 Å². The average molecular weight is 192 g/mol. The summed E-state index contributed by atoms with van der Waals surface area (Å²) >= 11 is 0. The number of anilines is 1. The molecule has 0 amide bonds. The van der Waals surface area contributed by atoms with Gasteiger partial charge in [0.1, 0.15) is 5.75 Å². The molecule has 1 N–H and O–H groups in total. The maximum atomic E-state index is 5.29. The highest BCUT2D eigenvalue weighted by molar-refractivity contribution is 5.58. The van der Waals surface area contributed by atoms with E-state index in [-0.39, 0.29) is 0 Å². The molecule has 1 fully saturated rings. The highest BCUT2D eigenvalue weighted by atomic mass is 16.5. The molecule has 1 saturated heterocycles. The number of ether oxygens (including phenoxy) is 1. The van der Waals surface area contributed by atoms with Crippen molar-refractivity contribution in [3.63, 3.8) is 0 Å². The molecule has 1 aliphatic rings. The van der Waals surface area contributed by atoms with Crippen LogP contribution in [0.4, 0.5) is 5.69 Å². The first-order valence-corrected chi connectivity index (χ1v) is 4.97. The molecule has 0 spiro atoms. The first-order chi connectivity index (χ1) is 6.83. The van der Waals surface area contributed by atoms with Gasteiger partial charge in [0, 0.05) is 18.7 Å². The summed E-state index contributed by atoms with van der Waals surface area (Å²) < 4.78 is 5.29. The minimum atomic E-state index is 0.955. The van der Waals surface area contributed by atoms with E-state index in [1.165, 1.54) is 17.7 Å². The lowest BCUT2D eigenvalue weighted by atomic mass is 10.1. The van der Waals surface area contributed by atoms with Crippen molar-refractivity contribution < 1.29 is 4.74 Å². The van der Waals surface area contributed by atoms with Crippen molar-refractivity contribution in [2.75, 3.05) is 25.2 Å². The Balaban J connectivity index is 2.32. The van der Waals surface area contributed by atoms with E-state index in [2.05, 4.69) is 23.4 Å². The Morgan fingerprint density at radius 2 is 2.29 bits per heavy atom. The topological polar surface area (TPSA) is 24.5 Å². The van der Waals surface area contributed by atoms with Crippen LogP contribution in [0.3, 0.4) is 0 Å². The number of hydrazine groups is 1. The summed E-state index contributed by atoms with van der Waals surface area (Å²) in [6.45, 7) is 4.23. The second-order valence-corrected chi connectivity index (χ2v) is 3.52. The van der Waals surface area contributed by atoms with Crippen molar-refractivity contribution in [2.45, 2.75) is 13.3 Å². The zero-order valence-electron chi connectivity index (χ0n) is 8.71. The minimum absolute atomic E-state index is 0.955. The van der Waals surface area contributed by atoms with E-state index in [1.807, 2.05) is 12.1 Å². The molecule has 1 aromatic rings. The molecule has 3 nitrogen and oxygen atoms in total. The summed E-state index contributed by atoms with van der Waals surface area (Å²) in [5.74, 6) is 0.955. The summed E-state index contributed by atoms with van der Waals surface area (Å²) in [6, 6.07) is 6.15. The predicted octanol–water partition coefficient (Wildman–Crippen LogP) is 1.72. The summed E-state index contributed by atoms with van der Waals surface area (Å²) in [5.41, 5.74) is 5.77. The number of hydrogen-bond acceptors (Lipinski definition) is 3. The number of rotatable bonds is 2. The molecule has 14 heavy (non-hydrogen) atoms. The van der Waals surface area contributed by atoms with Crippen molar-refractivity contribution in [3.05, 3.63) is 23.8 Å². The molecular formula is C11H16N2O. The fourth-order valence-electron chi connectivity index (χ4n) is 1.85. The Labute approximate surface area is 84.6 Å². The molecule has 0 aromatic heterocycles. The van der Waals surface area contributed by atoms with Crippen LogP contribution in [0.25, 0.3) is 0 Å². The fourth-order valence-corrected chi connectivity index (χ4v) is 1.85. The van der Waals surface area contributed by atoms with Gasteiger partial charge >= 0.3 is 0 Å². The van der Waals surface area contributed by atoms with Gasteiger partial charge in [-0.25, -0.2) is 5.43 Å². The van der Waals surface area contributed by atoms with Crippen LogP contribution in [0.1, 0.15) is 12.0 Å². The molecule has 0 radical (unpaired) electrons. The quantitative estimate of drug-likeness (QED) is 0.772. The smallest absolute Gasteiger partial charge is 0.123 e. The zero-order chi connectivity index (χ0) is 9.97. The summed E-state index contributed by atoms with van der Waals surface area (Å²) in [7, 11) is 1.71. The van der Waals surface area contributed by atoms with E-state index in [4.69, 9.17) is 4.74 Å². The van der Waals surface area contributed by atoms with Crippen molar-refractivity contribution in [1.82, 2.24) is 5.43 Å². The van der Waals surface area contributed by atoms with Crippen molar-refractivity contribution >= 4 is 5.69 Å². The van der Waals surface area contributed by atoms with Crippen LogP contribution < -0.4 is 15.2 Å². The average Bonchev–Trinajstić information content (AvgIpc) is 2.71. The second kappa shape index (κ2) is 3.88. The standard InChI is InChI=1S/C11H16N2O/c1-9-10(13-8-4-7-12-13)5-3-6-11(9)14-2/h3,5-6,12H,4,7-8H2,1-2H3. The van der Waals surface area contributed by atoms with Gasteiger partial charge in [0.25, 0.3) is 0 Å². The highest BCUT2D eigenvalue weighted by Crippen LogP contribution is 2.28. The molecule has 1 aromatic carbocycles. The lowest BCUT2D eigenvalue weighted by Crippen LogP contribution is -2.30. The van der Waals surface area contributed by atoms with Gasteiger partial charge in [0.05, 0.1) is 12.8 Å². The summed E-state index contributed by atoms with van der Waals surface area (Å²) in [6.07, 6.45) is 1.21. The van der Waals surface area contributed by atoms with Crippen LogP contribution >= 0.6 is 0 Å². The number of hydrogen-bond donors (Lipinski definition) is 1. The minimum Gasteiger partial charge on any atom is -0.496 e. The third-order valence-corrected chi connectivity index (χ3v) is 2.63. The van der Waals surface area contributed by atoms with E-state index in [1.54, 1.807) is 7.11 Å². The van der Waals surface area contributed by atoms with Gasteiger partial charge in [-0.2, -0.15) is 0 Å². The molecule has 0 aliphatic carbocycles. The van der Waals surface area contributed by atoms with E-state index < -0.39 is 0 Å². The zero-order valence-corrected chi connectivity index (χ0v) is 8.71. The fraction of sp³-hybridized carbons (Fsp3) is 0.455. The van der Waals surface area contributed by atoms with Gasteiger partial charge < -0.3 is 9.75 Å². The summed E-state index contributed by atoms with van der Waals surface area (Å²) in [5, 5.41) is 2.19. The Kier molecular flexibility index (Phi) is 2.59. The molecule has 0 unspecified atom stereocenters. The van der Waals surface area contributed by atoms with Crippen LogP contribution in [0.5, 0.6) is 5.75 Å².